The van der Waals surface area contributed by atoms with Crippen LogP contribution in [-0.4, -0.2) is 26.7 Å². The lowest BCUT2D eigenvalue weighted by Crippen LogP contribution is -2.20. The number of nitrogens with zero attached hydrogens (tertiary/aromatic N) is 1. The van der Waals surface area contributed by atoms with Gasteiger partial charge in [0.1, 0.15) is 5.82 Å². The van der Waals surface area contributed by atoms with Gasteiger partial charge in [-0.05, 0) is 18.2 Å². The number of aliphatic carboxylic acids is 2. The Morgan fingerprint density at radius 1 is 1.28 bits per heavy atom. The van der Waals surface area contributed by atoms with Crippen LogP contribution in [-0.2, 0) is 16.6 Å². The molecule has 0 unspecified atom stereocenters. The molecule has 0 amide bonds. The second-order valence-corrected chi connectivity index (χ2v) is 3.97. The van der Waals surface area contributed by atoms with Crippen molar-refractivity contribution in [2.24, 2.45) is 7.05 Å². The Hall–Kier alpha value is -2.37. The van der Waals surface area contributed by atoms with Crippen LogP contribution in [0.3, 0.4) is 0 Å². The van der Waals surface area contributed by atoms with E-state index >= 15 is 0 Å². The first kappa shape index (κ1) is 12.1. The third kappa shape index (κ3) is 1.81. The van der Waals surface area contributed by atoms with Gasteiger partial charge < -0.3 is 14.8 Å². The fraction of sp³-hybridized carbons (Fsp3) is 0.167. The summed E-state index contributed by atoms with van der Waals surface area (Å²) in [6.07, 6.45) is 1.40. The molecule has 2 N–H and O–H groups in total. The summed E-state index contributed by atoms with van der Waals surface area (Å²) < 4.78 is 14.6. The van der Waals surface area contributed by atoms with Crippen molar-refractivity contribution in [3.63, 3.8) is 0 Å². The highest BCUT2D eigenvalue weighted by Crippen LogP contribution is 2.28. The van der Waals surface area contributed by atoms with E-state index in [1.54, 1.807) is 7.05 Å². The molecular formula is C12H10FNO4. The largest absolute Gasteiger partial charge is 0.480 e. The zero-order chi connectivity index (χ0) is 13.4. The zero-order valence-electron chi connectivity index (χ0n) is 9.42. The molecule has 0 saturated carbocycles. The summed E-state index contributed by atoms with van der Waals surface area (Å²) in [5, 5.41) is 18.3. The molecule has 2 rings (SSSR count). The first-order valence-corrected chi connectivity index (χ1v) is 5.12. The number of carboxylic acids is 2. The molecule has 1 heterocycles. The molecule has 1 aromatic carbocycles. The van der Waals surface area contributed by atoms with Gasteiger partial charge in [-0.2, -0.15) is 0 Å². The predicted molar refractivity (Wildman–Crippen MR) is 60.9 cm³/mol. The molecule has 94 valence electrons. The van der Waals surface area contributed by atoms with E-state index in [0.717, 1.165) is 0 Å². The summed E-state index contributed by atoms with van der Waals surface area (Å²) in [6, 6.07) is 3.80. The van der Waals surface area contributed by atoms with Crippen molar-refractivity contribution in [3.8, 4) is 0 Å². The quantitative estimate of drug-likeness (QED) is 0.811. The molecule has 0 fully saturated rings. The van der Waals surface area contributed by atoms with E-state index < -0.39 is 23.7 Å². The zero-order valence-corrected chi connectivity index (χ0v) is 9.42. The average Bonchev–Trinajstić information content (AvgIpc) is 2.55. The van der Waals surface area contributed by atoms with Gasteiger partial charge in [0.2, 0.25) is 0 Å². The van der Waals surface area contributed by atoms with E-state index in [-0.39, 0.29) is 5.56 Å². The predicted octanol–water partition coefficient (Wildman–Crippen LogP) is 1.57. The van der Waals surface area contributed by atoms with Gasteiger partial charge in [0, 0.05) is 24.2 Å². The molecule has 0 aliphatic carbocycles. The molecule has 1 aromatic heterocycles. The summed E-state index contributed by atoms with van der Waals surface area (Å²) >= 11 is 0. The fourth-order valence-corrected chi connectivity index (χ4v) is 1.99. The van der Waals surface area contributed by atoms with E-state index in [4.69, 9.17) is 10.2 Å². The second kappa shape index (κ2) is 4.14. The number of aromatic nitrogens is 1. The van der Waals surface area contributed by atoms with Gasteiger partial charge in [-0.25, -0.2) is 4.39 Å². The fourth-order valence-electron chi connectivity index (χ4n) is 1.99. The highest BCUT2D eigenvalue weighted by molar-refractivity contribution is 6.03. The SMILES string of the molecule is Cn1cc(C(C(=O)O)C(=O)O)c2ccc(F)cc21. The number of rotatable bonds is 3. The number of fused-ring (bicyclic) bond motifs is 1. The van der Waals surface area contributed by atoms with Crippen LogP contribution >= 0.6 is 0 Å². The maximum absolute atomic E-state index is 13.1. The third-order valence-electron chi connectivity index (χ3n) is 2.79. The Labute approximate surface area is 101 Å². The van der Waals surface area contributed by atoms with Crippen LogP contribution < -0.4 is 0 Å². The lowest BCUT2D eigenvalue weighted by molar-refractivity contribution is -0.149. The number of carbonyl (C=O) groups is 2. The Bertz CT molecular complexity index is 633. The van der Waals surface area contributed by atoms with Crippen molar-refractivity contribution in [2.75, 3.05) is 0 Å². The molecular weight excluding hydrogens is 241 g/mol. The number of hydrogen-bond donors (Lipinski definition) is 2. The summed E-state index contributed by atoms with van der Waals surface area (Å²) in [6.45, 7) is 0. The number of carboxylic acid groups (broad SMARTS) is 2. The van der Waals surface area contributed by atoms with Gasteiger partial charge in [-0.1, -0.05) is 0 Å². The van der Waals surface area contributed by atoms with E-state index in [1.165, 1.54) is 29.0 Å². The summed E-state index contributed by atoms with van der Waals surface area (Å²) in [4.78, 5) is 22.0. The van der Waals surface area contributed by atoms with Crippen LogP contribution in [0.25, 0.3) is 10.9 Å². The summed E-state index contributed by atoms with van der Waals surface area (Å²) in [5.74, 6) is -5.00. The van der Waals surface area contributed by atoms with Crippen molar-refractivity contribution in [1.82, 2.24) is 4.57 Å². The first-order valence-electron chi connectivity index (χ1n) is 5.12. The summed E-state index contributed by atoms with van der Waals surface area (Å²) in [5.41, 5.74) is 0.602. The van der Waals surface area contributed by atoms with Crippen molar-refractivity contribution in [1.29, 1.82) is 0 Å². The van der Waals surface area contributed by atoms with Gasteiger partial charge in [-0.15, -0.1) is 0 Å². The molecule has 5 nitrogen and oxygen atoms in total. The molecule has 18 heavy (non-hydrogen) atoms. The smallest absolute Gasteiger partial charge is 0.322 e. The van der Waals surface area contributed by atoms with Crippen LogP contribution in [0, 0.1) is 5.82 Å². The molecule has 6 heteroatoms. The second-order valence-electron chi connectivity index (χ2n) is 3.97. The monoisotopic (exact) mass is 251 g/mol. The van der Waals surface area contributed by atoms with Crippen LogP contribution in [0.4, 0.5) is 4.39 Å². The maximum Gasteiger partial charge on any atom is 0.322 e. The highest BCUT2D eigenvalue weighted by atomic mass is 19.1. The molecule has 0 atom stereocenters. The highest BCUT2D eigenvalue weighted by Gasteiger charge is 2.30. The van der Waals surface area contributed by atoms with Gasteiger partial charge in [0.15, 0.2) is 5.92 Å². The average molecular weight is 251 g/mol. The van der Waals surface area contributed by atoms with Crippen LogP contribution in [0.2, 0.25) is 0 Å². The number of halogens is 1. The number of hydrogen-bond acceptors (Lipinski definition) is 2. The lowest BCUT2D eigenvalue weighted by Gasteiger charge is -2.05. The van der Waals surface area contributed by atoms with Gasteiger partial charge >= 0.3 is 11.9 Å². The van der Waals surface area contributed by atoms with Crippen LogP contribution in [0.1, 0.15) is 11.5 Å². The van der Waals surface area contributed by atoms with E-state index in [9.17, 15) is 14.0 Å². The molecule has 0 saturated heterocycles. The molecule has 0 radical (unpaired) electrons. The molecule has 0 aliphatic heterocycles. The lowest BCUT2D eigenvalue weighted by atomic mass is 9.99. The Morgan fingerprint density at radius 3 is 2.44 bits per heavy atom. The minimum atomic E-state index is -1.65. The van der Waals surface area contributed by atoms with Gasteiger partial charge in [0.05, 0.1) is 5.52 Å². The van der Waals surface area contributed by atoms with E-state index in [2.05, 4.69) is 0 Å². The summed E-state index contributed by atoms with van der Waals surface area (Å²) in [7, 11) is 1.60. The Balaban J connectivity index is 2.71. The van der Waals surface area contributed by atoms with Crippen LogP contribution in [0.5, 0.6) is 0 Å². The Morgan fingerprint density at radius 2 is 1.89 bits per heavy atom. The van der Waals surface area contributed by atoms with Crippen molar-refractivity contribution in [2.45, 2.75) is 5.92 Å². The van der Waals surface area contributed by atoms with Crippen molar-refractivity contribution >= 4 is 22.8 Å². The molecule has 0 bridgehead atoms. The van der Waals surface area contributed by atoms with Crippen molar-refractivity contribution < 1.29 is 24.2 Å². The standard InChI is InChI=1S/C12H10FNO4/c1-14-5-8(10(11(15)16)12(17)18)7-3-2-6(13)4-9(7)14/h2-5,10H,1H3,(H,15,16)(H,17,18). The maximum atomic E-state index is 13.1. The molecule has 0 aliphatic rings. The minimum Gasteiger partial charge on any atom is -0.480 e. The van der Waals surface area contributed by atoms with Gasteiger partial charge in [-0.3, -0.25) is 9.59 Å². The topological polar surface area (TPSA) is 79.5 Å². The van der Waals surface area contributed by atoms with Crippen molar-refractivity contribution in [3.05, 3.63) is 35.8 Å². The first-order chi connectivity index (χ1) is 8.41. The van der Waals surface area contributed by atoms with E-state index in [0.29, 0.717) is 10.9 Å². The molecule has 2 aromatic rings. The number of benzene rings is 1. The van der Waals surface area contributed by atoms with Gasteiger partial charge in [0.25, 0.3) is 0 Å². The normalized spacial score (nSPS) is 11.1. The minimum absolute atomic E-state index is 0.146. The van der Waals surface area contributed by atoms with Crippen LogP contribution in [0.15, 0.2) is 24.4 Å². The Kier molecular flexibility index (Phi) is 2.78. The van der Waals surface area contributed by atoms with E-state index in [1.807, 2.05) is 0 Å². The molecule has 0 spiro atoms. The third-order valence-corrected chi connectivity index (χ3v) is 2.79. The number of aryl methyl sites for hydroxylation is 1.